The summed E-state index contributed by atoms with van der Waals surface area (Å²) in [5, 5.41) is 11.5. The van der Waals surface area contributed by atoms with Crippen LogP contribution >= 0.6 is 27.7 Å². The number of nitrogens with one attached hydrogen (secondary N) is 1. The summed E-state index contributed by atoms with van der Waals surface area (Å²) in [5.41, 5.74) is 0.842. The molecule has 3 rings (SSSR count). The van der Waals surface area contributed by atoms with Gasteiger partial charge < -0.3 is 9.73 Å². The van der Waals surface area contributed by atoms with Crippen molar-refractivity contribution in [1.82, 2.24) is 15.5 Å². The number of halogens is 1. The van der Waals surface area contributed by atoms with E-state index in [4.69, 9.17) is 4.42 Å². The lowest BCUT2D eigenvalue weighted by molar-refractivity contribution is -0.121. The number of benzene rings is 1. The minimum atomic E-state index is -0.285. The van der Waals surface area contributed by atoms with Crippen LogP contribution in [0.3, 0.4) is 0 Å². The van der Waals surface area contributed by atoms with Gasteiger partial charge in [0.25, 0.3) is 5.22 Å². The zero-order valence-electron chi connectivity index (χ0n) is 15.2. The van der Waals surface area contributed by atoms with Gasteiger partial charge in [-0.1, -0.05) is 50.6 Å². The van der Waals surface area contributed by atoms with Crippen molar-refractivity contribution in [2.75, 3.05) is 0 Å². The van der Waals surface area contributed by atoms with E-state index in [0.717, 1.165) is 16.5 Å². The van der Waals surface area contributed by atoms with Gasteiger partial charge in [-0.15, -0.1) is 10.2 Å². The first kappa shape index (κ1) is 19.4. The largest absolute Gasteiger partial charge is 0.411 e. The highest BCUT2D eigenvalue weighted by molar-refractivity contribution is 9.10. The number of amides is 1. The predicted molar refractivity (Wildman–Crippen MR) is 107 cm³/mol. The number of hydrogen-bond acceptors (Lipinski definition) is 5. The van der Waals surface area contributed by atoms with E-state index in [0.29, 0.717) is 22.9 Å². The van der Waals surface area contributed by atoms with Crippen LogP contribution in [0, 0.1) is 11.8 Å². The number of nitrogens with zero attached hydrogens (tertiary/aromatic N) is 2. The fraction of sp³-hybridized carbons (Fsp3) is 0.526. The third kappa shape index (κ3) is 4.49. The molecule has 1 amide bonds. The van der Waals surface area contributed by atoms with E-state index < -0.39 is 0 Å². The molecule has 1 fully saturated rings. The second kappa shape index (κ2) is 8.57. The molecule has 140 valence electrons. The Hall–Kier alpha value is -1.34. The summed E-state index contributed by atoms with van der Waals surface area (Å²) in [6.07, 6.45) is 3.48. The lowest BCUT2D eigenvalue weighted by Gasteiger charge is -2.35. The van der Waals surface area contributed by atoms with Crippen molar-refractivity contribution in [2.45, 2.75) is 56.5 Å². The van der Waals surface area contributed by atoms with Gasteiger partial charge in [0.05, 0.1) is 10.8 Å². The Kier molecular flexibility index (Phi) is 6.40. The molecule has 5 nitrogen and oxygen atoms in total. The quantitative estimate of drug-likeness (QED) is 0.672. The summed E-state index contributed by atoms with van der Waals surface area (Å²) in [6.45, 7) is 6.37. The van der Waals surface area contributed by atoms with Crippen LogP contribution in [-0.4, -0.2) is 27.4 Å². The van der Waals surface area contributed by atoms with Gasteiger partial charge in [-0.3, -0.25) is 4.79 Å². The summed E-state index contributed by atoms with van der Waals surface area (Å²) in [5.74, 6) is 1.64. The lowest BCUT2D eigenvalue weighted by Crippen LogP contribution is -2.46. The minimum absolute atomic E-state index is 0.0293. The van der Waals surface area contributed by atoms with E-state index in [2.05, 4.69) is 45.3 Å². The number of thioether (sulfide) groups is 1. The Morgan fingerprint density at radius 1 is 1.31 bits per heavy atom. The molecule has 0 aliphatic heterocycles. The van der Waals surface area contributed by atoms with Crippen LogP contribution in [-0.2, 0) is 4.79 Å². The van der Waals surface area contributed by atoms with Crippen LogP contribution in [0.15, 0.2) is 38.4 Å². The van der Waals surface area contributed by atoms with Gasteiger partial charge in [-0.25, -0.2) is 0 Å². The Labute approximate surface area is 166 Å². The summed E-state index contributed by atoms with van der Waals surface area (Å²) in [6, 6.07) is 7.94. The van der Waals surface area contributed by atoms with Crippen LogP contribution in [0.5, 0.6) is 0 Å². The summed E-state index contributed by atoms with van der Waals surface area (Å²) >= 11 is 4.78. The number of hydrogen-bond donors (Lipinski definition) is 1. The average Bonchev–Trinajstić information content (AvgIpc) is 3.07. The topological polar surface area (TPSA) is 68.0 Å². The standard InChI is InChI=1S/C19H24BrN3O2S/c1-11-7-6-10-16(12(11)2)21-17(24)13(3)26-19-23-22-18(25-19)14-8-4-5-9-15(14)20/h4-5,8-9,11-13,16H,6-7,10H2,1-3H3,(H,21,24)/t11-,12-,13+,16-/m1/s1. The maximum absolute atomic E-state index is 12.6. The van der Waals surface area contributed by atoms with Gasteiger partial charge >= 0.3 is 0 Å². The maximum Gasteiger partial charge on any atom is 0.277 e. The van der Waals surface area contributed by atoms with Crippen LogP contribution in [0.1, 0.15) is 40.0 Å². The van der Waals surface area contributed by atoms with Crippen molar-refractivity contribution >= 4 is 33.6 Å². The molecule has 1 aromatic carbocycles. The Balaban J connectivity index is 1.60. The minimum Gasteiger partial charge on any atom is -0.411 e. The predicted octanol–water partition coefficient (Wildman–Crippen LogP) is 4.92. The smallest absolute Gasteiger partial charge is 0.277 e. The van der Waals surface area contributed by atoms with Gasteiger partial charge in [0.1, 0.15) is 0 Å². The van der Waals surface area contributed by atoms with Gasteiger partial charge in [-0.2, -0.15) is 0 Å². The molecule has 1 saturated carbocycles. The second-order valence-corrected chi connectivity index (χ2v) is 9.14. The highest BCUT2D eigenvalue weighted by atomic mass is 79.9. The lowest BCUT2D eigenvalue weighted by atomic mass is 9.78. The number of carbonyl (C=O) groups excluding carboxylic acids is 1. The third-order valence-corrected chi connectivity index (χ3v) is 6.82. The van der Waals surface area contributed by atoms with Crippen LogP contribution in [0.4, 0.5) is 0 Å². The monoisotopic (exact) mass is 437 g/mol. The molecule has 1 N–H and O–H groups in total. The molecule has 4 atom stereocenters. The van der Waals surface area contributed by atoms with Crippen molar-refractivity contribution in [3.05, 3.63) is 28.7 Å². The Morgan fingerprint density at radius 3 is 2.85 bits per heavy atom. The van der Waals surface area contributed by atoms with Crippen molar-refractivity contribution in [3.63, 3.8) is 0 Å². The fourth-order valence-electron chi connectivity index (χ4n) is 3.29. The van der Waals surface area contributed by atoms with Crippen molar-refractivity contribution < 1.29 is 9.21 Å². The van der Waals surface area contributed by atoms with Gasteiger partial charge in [0, 0.05) is 10.5 Å². The number of carbonyl (C=O) groups is 1. The molecule has 26 heavy (non-hydrogen) atoms. The fourth-order valence-corrected chi connectivity index (χ4v) is 4.44. The van der Waals surface area contributed by atoms with Crippen molar-refractivity contribution in [2.24, 2.45) is 11.8 Å². The molecule has 7 heteroatoms. The van der Waals surface area contributed by atoms with E-state index in [9.17, 15) is 4.79 Å². The Morgan fingerprint density at radius 2 is 2.08 bits per heavy atom. The van der Waals surface area contributed by atoms with Crippen molar-refractivity contribution in [1.29, 1.82) is 0 Å². The highest BCUT2D eigenvalue weighted by Crippen LogP contribution is 2.32. The van der Waals surface area contributed by atoms with Crippen LogP contribution in [0.25, 0.3) is 11.5 Å². The van der Waals surface area contributed by atoms with E-state index in [-0.39, 0.29) is 17.2 Å². The molecule has 1 aromatic heterocycles. The molecule has 0 unspecified atom stereocenters. The summed E-state index contributed by atoms with van der Waals surface area (Å²) in [4.78, 5) is 12.6. The SMILES string of the molecule is C[C@@H]1[C@H](C)CCC[C@H]1NC(=O)[C@H](C)Sc1nnc(-c2ccccc2Br)o1. The molecule has 1 aliphatic carbocycles. The second-order valence-electron chi connectivity index (χ2n) is 7.00. The van der Waals surface area contributed by atoms with Crippen molar-refractivity contribution in [3.8, 4) is 11.5 Å². The average molecular weight is 438 g/mol. The van der Waals surface area contributed by atoms with E-state index in [1.807, 2.05) is 31.2 Å². The van der Waals surface area contributed by atoms with E-state index in [1.165, 1.54) is 24.6 Å². The van der Waals surface area contributed by atoms with Gasteiger partial charge in [0.2, 0.25) is 11.8 Å². The molecule has 0 radical (unpaired) electrons. The molecular weight excluding hydrogens is 414 g/mol. The van der Waals surface area contributed by atoms with E-state index in [1.54, 1.807) is 0 Å². The maximum atomic E-state index is 12.6. The first-order valence-electron chi connectivity index (χ1n) is 9.01. The summed E-state index contributed by atoms with van der Waals surface area (Å²) in [7, 11) is 0. The molecule has 1 heterocycles. The molecule has 0 saturated heterocycles. The molecule has 0 bridgehead atoms. The molecule has 0 spiro atoms. The first-order valence-corrected chi connectivity index (χ1v) is 10.7. The highest BCUT2D eigenvalue weighted by Gasteiger charge is 2.30. The van der Waals surface area contributed by atoms with E-state index >= 15 is 0 Å². The van der Waals surface area contributed by atoms with Gasteiger partial charge in [-0.05, 0) is 53.2 Å². The summed E-state index contributed by atoms with van der Waals surface area (Å²) < 4.78 is 6.63. The van der Waals surface area contributed by atoms with Gasteiger partial charge in [0.15, 0.2) is 0 Å². The third-order valence-electron chi connectivity index (χ3n) is 5.19. The molecular formula is C19H24BrN3O2S. The van der Waals surface area contributed by atoms with Crippen LogP contribution in [0.2, 0.25) is 0 Å². The number of aromatic nitrogens is 2. The van der Waals surface area contributed by atoms with Crippen LogP contribution < -0.4 is 5.32 Å². The normalized spacial score (nSPS) is 24.2. The Bertz CT molecular complexity index is 767. The molecule has 1 aliphatic rings. The molecule has 2 aromatic rings. The zero-order chi connectivity index (χ0) is 18.7. The zero-order valence-corrected chi connectivity index (χ0v) is 17.6. The first-order chi connectivity index (χ1) is 12.5. The number of rotatable bonds is 5.